The molecule has 0 unspecified atom stereocenters. The van der Waals surface area contributed by atoms with E-state index in [1.165, 1.54) is 16.9 Å². The monoisotopic (exact) mass is 302 g/mol. The summed E-state index contributed by atoms with van der Waals surface area (Å²) in [5, 5.41) is 2.92. The molecule has 4 nitrogen and oxygen atoms in total. The molecule has 1 aromatic heterocycles. The van der Waals surface area contributed by atoms with Gasteiger partial charge in [0.2, 0.25) is 0 Å². The fourth-order valence-corrected chi connectivity index (χ4v) is 3.62. The van der Waals surface area contributed by atoms with E-state index in [2.05, 4.69) is 5.32 Å². The number of nitrogens with one attached hydrogen (secondary N) is 1. The first kappa shape index (κ1) is 14.1. The van der Waals surface area contributed by atoms with Gasteiger partial charge in [-0.05, 0) is 43.0 Å². The Balaban J connectivity index is 1.69. The molecule has 1 aliphatic rings. The molecule has 0 spiro atoms. The van der Waals surface area contributed by atoms with E-state index in [9.17, 15) is 4.79 Å². The third-order valence-corrected chi connectivity index (χ3v) is 4.68. The van der Waals surface area contributed by atoms with E-state index in [-0.39, 0.29) is 5.91 Å². The third kappa shape index (κ3) is 3.25. The third-order valence-electron chi connectivity index (χ3n) is 3.45. The van der Waals surface area contributed by atoms with E-state index in [0.717, 1.165) is 23.4 Å². The van der Waals surface area contributed by atoms with Crippen LogP contribution in [0.2, 0.25) is 0 Å². The molecule has 21 heavy (non-hydrogen) atoms. The van der Waals surface area contributed by atoms with Crippen LogP contribution in [0, 0.1) is 0 Å². The largest absolute Gasteiger partial charge is 0.492 e. The normalized spacial score (nSPS) is 13.0. The number of rotatable bonds is 5. The maximum absolute atomic E-state index is 12.3. The summed E-state index contributed by atoms with van der Waals surface area (Å²) in [4.78, 5) is 14.4. The van der Waals surface area contributed by atoms with Crippen molar-refractivity contribution in [3.63, 3.8) is 0 Å². The second-order valence-corrected chi connectivity index (χ2v) is 6.17. The van der Waals surface area contributed by atoms with Crippen LogP contribution in [0.5, 0.6) is 5.75 Å². The molecule has 0 saturated heterocycles. The first-order chi connectivity index (χ1) is 10.3. The average Bonchev–Trinajstić information content (AvgIpc) is 3.06. The van der Waals surface area contributed by atoms with E-state index >= 15 is 0 Å². The molecule has 1 amide bonds. The molecule has 1 aliphatic carbocycles. The SMILES string of the molecule is NCCOc1cccc(NC(=O)c2cc3c(s2)CCC3)c1. The van der Waals surface area contributed by atoms with Crippen LogP contribution in [0.3, 0.4) is 0 Å². The minimum atomic E-state index is -0.0506. The molecule has 110 valence electrons. The number of nitrogens with two attached hydrogens (primary N) is 1. The van der Waals surface area contributed by atoms with Gasteiger partial charge in [-0.3, -0.25) is 4.79 Å². The lowest BCUT2D eigenvalue weighted by atomic mass is 10.2. The zero-order chi connectivity index (χ0) is 14.7. The van der Waals surface area contributed by atoms with Crippen LogP contribution >= 0.6 is 11.3 Å². The van der Waals surface area contributed by atoms with Gasteiger partial charge in [0.15, 0.2) is 0 Å². The maximum Gasteiger partial charge on any atom is 0.265 e. The van der Waals surface area contributed by atoms with Gasteiger partial charge in [-0.25, -0.2) is 0 Å². The summed E-state index contributed by atoms with van der Waals surface area (Å²) < 4.78 is 5.46. The number of amides is 1. The van der Waals surface area contributed by atoms with Crippen molar-refractivity contribution in [1.29, 1.82) is 0 Å². The van der Waals surface area contributed by atoms with Gasteiger partial charge < -0.3 is 15.8 Å². The van der Waals surface area contributed by atoms with Crippen LogP contribution < -0.4 is 15.8 Å². The highest BCUT2D eigenvalue weighted by atomic mass is 32.1. The van der Waals surface area contributed by atoms with Gasteiger partial charge in [-0.2, -0.15) is 0 Å². The van der Waals surface area contributed by atoms with E-state index < -0.39 is 0 Å². The summed E-state index contributed by atoms with van der Waals surface area (Å²) in [6, 6.07) is 9.40. The predicted octanol–water partition coefficient (Wildman–Crippen LogP) is 2.83. The lowest BCUT2D eigenvalue weighted by Crippen LogP contribution is -2.12. The van der Waals surface area contributed by atoms with E-state index in [4.69, 9.17) is 10.5 Å². The molecular formula is C16H18N2O2S. The zero-order valence-corrected chi connectivity index (χ0v) is 12.5. The second-order valence-electron chi connectivity index (χ2n) is 5.03. The number of aryl methyl sites for hydroxylation is 2. The van der Waals surface area contributed by atoms with Gasteiger partial charge in [0, 0.05) is 23.2 Å². The number of fused-ring (bicyclic) bond motifs is 1. The molecule has 1 aromatic carbocycles. The van der Waals surface area contributed by atoms with Crippen molar-refractivity contribution in [3.05, 3.63) is 45.6 Å². The zero-order valence-electron chi connectivity index (χ0n) is 11.7. The van der Waals surface area contributed by atoms with Crippen LogP contribution in [0.25, 0.3) is 0 Å². The Labute approximate surface area is 127 Å². The van der Waals surface area contributed by atoms with Gasteiger partial charge >= 0.3 is 0 Å². The molecule has 3 rings (SSSR count). The van der Waals surface area contributed by atoms with Crippen LogP contribution in [0.15, 0.2) is 30.3 Å². The Morgan fingerprint density at radius 3 is 3.05 bits per heavy atom. The number of ether oxygens (including phenoxy) is 1. The lowest BCUT2D eigenvalue weighted by Gasteiger charge is -2.08. The highest BCUT2D eigenvalue weighted by Gasteiger charge is 2.18. The second kappa shape index (κ2) is 6.28. The number of benzene rings is 1. The van der Waals surface area contributed by atoms with Gasteiger partial charge in [0.05, 0.1) is 4.88 Å². The van der Waals surface area contributed by atoms with Crippen molar-refractivity contribution in [2.24, 2.45) is 5.73 Å². The van der Waals surface area contributed by atoms with Crippen LogP contribution in [-0.2, 0) is 12.8 Å². The maximum atomic E-state index is 12.3. The van der Waals surface area contributed by atoms with E-state index in [1.807, 2.05) is 30.3 Å². The Kier molecular flexibility index (Phi) is 4.22. The fraction of sp³-hybridized carbons (Fsp3) is 0.312. The Morgan fingerprint density at radius 2 is 2.24 bits per heavy atom. The molecular weight excluding hydrogens is 284 g/mol. The number of hydrogen-bond donors (Lipinski definition) is 2. The molecule has 0 fully saturated rings. The van der Waals surface area contributed by atoms with Gasteiger partial charge in [0.1, 0.15) is 12.4 Å². The molecule has 0 bridgehead atoms. The molecule has 0 atom stereocenters. The molecule has 1 heterocycles. The Morgan fingerprint density at radius 1 is 1.33 bits per heavy atom. The molecule has 5 heteroatoms. The van der Waals surface area contributed by atoms with Crippen molar-refractivity contribution in [3.8, 4) is 5.75 Å². The van der Waals surface area contributed by atoms with Crippen molar-refractivity contribution >= 4 is 22.9 Å². The molecule has 3 N–H and O–H groups in total. The highest BCUT2D eigenvalue weighted by Crippen LogP contribution is 2.31. The quantitative estimate of drug-likeness (QED) is 0.892. The van der Waals surface area contributed by atoms with Gasteiger partial charge in [-0.15, -0.1) is 11.3 Å². The summed E-state index contributed by atoms with van der Waals surface area (Å²) >= 11 is 1.61. The summed E-state index contributed by atoms with van der Waals surface area (Å²) in [6.07, 6.45) is 3.42. The average molecular weight is 302 g/mol. The summed E-state index contributed by atoms with van der Waals surface area (Å²) in [7, 11) is 0. The first-order valence-corrected chi connectivity index (χ1v) is 7.94. The molecule has 0 radical (unpaired) electrons. The summed E-state index contributed by atoms with van der Waals surface area (Å²) in [6.45, 7) is 0.937. The van der Waals surface area contributed by atoms with Gasteiger partial charge in [0.25, 0.3) is 5.91 Å². The van der Waals surface area contributed by atoms with Crippen LogP contribution in [0.1, 0.15) is 26.5 Å². The number of anilines is 1. The minimum Gasteiger partial charge on any atom is -0.492 e. The van der Waals surface area contributed by atoms with Crippen molar-refractivity contribution in [1.82, 2.24) is 0 Å². The number of hydrogen-bond acceptors (Lipinski definition) is 4. The standard InChI is InChI=1S/C16H18N2O2S/c17-7-8-20-13-5-2-4-12(10-13)18-16(19)15-9-11-3-1-6-14(11)21-15/h2,4-5,9-10H,1,3,6-8,17H2,(H,18,19). The van der Waals surface area contributed by atoms with E-state index in [1.54, 1.807) is 11.3 Å². The van der Waals surface area contributed by atoms with Crippen molar-refractivity contribution < 1.29 is 9.53 Å². The van der Waals surface area contributed by atoms with E-state index in [0.29, 0.717) is 18.9 Å². The van der Waals surface area contributed by atoms with Crippen LogP contribution in [-0.4, -0.2) is 19.1 Å². The molecule has 0 aliphatic heterocycles. The minimum absolute atomic E-state index is 0.0506. The smallest absolute Gasteiger partial charge is 0.265 e. The number of carbonyl (C=O) groups is 1. The lowest BCUT2D eigenvalue weighted by molar-refractivity contribution is 0.103. The summed E-state index contributed by atoms with van der Waals surface area (Å²) in [5.41, 5.74) is 7.49. The topological polar surface area (TPSA) is 64.3 Å². The number of thiophene rings is 1. The Hall–Kier alpha value is -1.85. The summed E-state index contributed by atoms with van der Waals surface area (Å²) in [5.74, 6) is 0.664. The molecule has 0 saturated carbocycles. The number of carbonyl (C=O) groups excluding carboxylic acids is 1. The fourth-order valence-electron chi connectivity index (χ4n) is 2.47. The van der Waals surface area contributed by atoms with Crippen molar-refractivity contribution in [2.75, 3.05) is 18.5 Å². The predicted molar refractivity (Wildman–Crippen MR) is 85.3 cm³/mol. The molecule has 2 aromatic rings. The van der Waals surface area contributed by atoms with Crippen molar-refractivity contribution in [2.45, 2.75) is 19.3 Å². The van der Waals surface area contributed by atoms with Crippen LogP contribution in [0.4, 0.5) is 5.69 Å². The van der Waals surface area contributed by atoms with Gasteiger partial charge in [-0.1, -0.05) is 6.07 Å². The highest BCUT2D eigenvalue weighted by molar-refractivity contribution is 7.14. The Bertz CT molecular complexity index is 630. The first-order valence-electron chi connectivity index (χ1n) is 7.12.